The number of nitrogens with one attached hydrogen (secondary N) is 1. The van der Waals surface area contributed by atoms with Crippen molar-refractivity contribution in [1.29, 1.82) is 5.26 Å². The van der Waals surface area contributed by atoms with Crippen LogP contribution < -0.4 is 19.7 Å². The Morgan fingerprint density at radius 2 is 1.63 bits per heavy atom. The number of anilines is 1. The highest BCUT2D eigenvalue weighted by atomic mass is 19.4. The van der Waals surface area contributed by atoms with Gasteiger partial charge >= 0.3 is 24.1 Å². The average Bonchev–Trinajstić information content (AvgIpc) is 3.52. The van der Waals surface area contributed by atoms with Gasteiger partial charge in [0.1, 0.15) is 12.7 Å². The van der Waals surface area contributed by atoms with Crippen LogP contribution in [-0.4, -0.2) is 85.6 Å². The minimum absolute atomic E-state index is 0.0484. The number of esters is 1. The third-order valence-corrected chi connectivity index (χ3v) is 7.59. The second-order valence-corrected chi connectivity index (χ2v) is 11.7. The van der Waals surface area contributed by atoms with Crippen LogP contribution in [0.2, 0.25) is 0 Å². The van der Waals surface area contributed by atoms with Gasteiger partial charge in [0.2, 0.25) is 5.78 Å². The van der Waals surface area contributed by atoms with Crippen molar-refractivity contribution in [2.45, 2.75) is 51.2 Å². The molecule has 12 nitrogen and oxygen atoms in total. The molecule has 15 heteroatoms. The molecule has 0 saturated carbocycles. The van der Waals surface area contributed by atoms with Gasteiger partial charge in [0, 0.05) is 32.1 Å². The van der Waals surface area contributed by atoms with Crippen LogP contribution in [0.25, 0.3) is 0 Å². The Morgan fingerprint density at radius 1 is 0.962 bits per heavy atom. The summed E-state index contributed by atoms with van der Waals surface area (Å²) in [6.07, 6.45) is -3.09. The SMILES string of the molecule is C[C@H](Cc1cc(C#N)c2c(c1)CCN2CCCOC(=O)c1ccccc1)NCCOc1ccccc1OCC(F)(F)F.O=C(O)CCC(=O)C(=O)O. The number of fused-ring (bicyclic) bond motifs is 1. The Bertz CT molecular complexity index is 1710. The van der Waals surface area contributed by atoms with Crippen molar-refractivity contribution in [2.75, 3.05) is 44.4 Å². The number of aliphatic carboxylic acids is 2. The predicted octanol–water partition coefficient (Wildman–Crippen LogP) is 5.21. The Kier molecular flexibility index (Phi) is 15.9. The van der Waals surface area contributed by atoms with Gasteiger partial charge in [-0.05, 0) is 67.6 Å². The molecule has 4 rings (SSSR count). The molecule has 0 bridgehead atoms. The highest BCUT2D eigenvalue weighted by molar-refractivity contribution is 6.32. The molecule has 0 fully saturated rings. The fourth-order valence-electron chi connectivity index (χ4n) is 5.26. The topological polar surface area (TPSA) is 175 Å². The molecule has 0 aromatic heterocycles. The number of alkyl halides is 3. The zero-order valence-corrected chi connectivity index (χ0v) is 28.5. The zero-order chi connectivity index (χ0) is 38.1. The smallest absolute Gasteiger partial charge is 0.422 e. The average molecular weight is 728 g/mol. The monoisotopic (exact) mass is 727 g/mol. The number of hydrogen-bond donors (Lipinski definition) is 3. The summed E-state index contributed by atoms with van der Waals surface area (Å²) < 4.78 is 53.5. The molecule has 278 valence electrons. The second-order valence-electron chi connectivity index (χ2n) is 11.7. The van der Waals surface area contributed by atoms with E-state index >= 15 is 0 Å². The number of halogens is 3. The van der Waals surface area contributed by atoms with E-state index < -0.39 is 43.3 Å². The molecule has 1 aliphatic rings. The molecule has 0 unspecified atom stereocenters. The Labute approximate surface area is 298 Å². The van der Waals surface area contributed by atoms with Gasteiger partial charge in [-0.2, -0.15) is 18.4 Å². The lowest BCUT2D eigenvalue weighted by Crippen LogP contribution is -2.32. The number of ether oxygens (including phenoxy) is 3. The van der Waals surface area contributed by atoms with Crippen LogP contribution in [0.3, 0.4) is 0 Å². The number of carbonyl (C=O) groups is 4. The highest BCUT2D eigenvalue weighted by Crippen LogP contribution is 2.33. The number of Topliss-reactive ketones (excluding diaryl/α,β-unsaturated/α-hetero) is 1. The summed E-state index contributed by atoms with van der Waals surface area (Å²) in [5.41, 5.74) is 4.30. The lowest BCUT2D eigenvalue weighted by Gasteiger charge is -2.21. The largest absolute Gasteiger partial charge is 0.488 e. The van der Waals surface area contributed by atoms with Gasteiger partial charge in [-0.3, -0.25) is 9.59 Å². The van der Waals surface area contributed by atoms with Gasteiger partial charge in [0.05, 0.1) is 29.8 Å². The zero-order valence-electron chi connectivity index (χ0n) is 28.5. The van der Waals surface area contributed by atoms with Crippen LogP contribution in [-0.2, 0) is 32.0 Å². The van der Waals surface area contributed by atoms with E-state index in [1.807, 2.05) is 19.1 Å². The summed E-state index contributed by atoms with van der Waals surface area (Å²) in [6.45, 7) is 3.18. The first kappa shape index (κ1) is 40.8. The third-order valence-electron chi connectivity index (χ3n) is 7.59. The molecule has 1 atom stereocenters. The van der Waals surface area contributed by atoms with E-state index in [9.17, 15) is 37.6 Å². The fraction of sp³-hybridized carbons (Fsp3) is 0.378. The van der Waals surface area contributed by atoms with Crippen molar-refractivity contribution >= 4 is 29.4 Å². The molecule has 0 radical (unpaired) electrons. The van der Waals surface area contributed by atoms with Crippen LogP contribution in [0.5, 0.6) is 11.5 Å². The standard InChI is InChI=1S/C32H34F3N3O4.C5H6O5/c1-23(37-13-17-40-28-10-5-6-11-29(28)42-22-32(33,34)35)18-24-19-26-12-15-38(30(26)27(20-24)21-36)14-7-16-41-31(39)25-8-3-2-4-9-25;6-3(5(9)10)1-2-4(7)8/h2-6,8-11,19-20,23,37H,7,12-18,22H2,1H3;1-2H2,(H,7,8)(H,9,10)/t23-;/m1./s1. The van der Waals surface area contributed by atoms with Gasteiger partial charge in [-0.25, -0.2) is 9.59 Å². The maximum atomic E-state index is 12.5. The summed E-state index contributed by atoms with van der Waals surface area (Å²) in [4.78, 5) is 44.1. The van der Waals surface area contributed by atoms with Crippen molar-refractivity contribution in [3.05, 3.63) is 89.0 Å². The Balaban J connectivity index is 0.000000636. The van der Waals surface area contributed by atoms with Gasteiger partial charge in [-0.15, -0.1) is 0 Å². The number of nitriles is 1. The van der Waals surface area contributed by atoms with E-state index in [2.05, 4.69) is 22.4 Å². The number of rotatable bonds is 18. The molecule has 3 aromatic carbocycles. The molecule has 52 heavy (non-hydrogen) atoms. The van der Waals surface area contributed by atoms with E-state index in [1.165, 1.54) is 6.07 Å². The summed E-state index contributed by atoms with van der Waals surface area (Å²) >= 11 is 0. The van der Waals surface area contributed by atoms with Gasteiger partial charge < -0.3 is 34.6 Å². The number of carbonyl (C=O) groups excluding carboxylic acids is 2. The van der Waals surface area contributed by atoms with Crippen molar-refractivity contribution < 1.29 is 56.8 Å². The summed E-state index contributed by atoms with van der Waals surface area (Å²) in [5, 5.41) is 29.2. The molecule has 0 saturated heterocycles. The van der Waals surface area contributed by atoms with Crippen LogP contribution >= 0.6 is 0 Å². The van der Waals surface area contributed by atoms with Crippen molar-refractivity contribution in [3.8, 4) is 17.6 Å². The fourth-order valence-corrected chi connectivity index (χ4v) is 5.26. The number of ketones is 1. The molecule has 1 aliphatic heterocycles. The van der Waals surface area contributed by atoms with E-state index in [1.54, 1.807) is 42.5 Å². The van der Waals surface area contributed by atoms with Crippen LogP contribution in [0.1, 0.15) is 53.2 Å². The molecule has 0 aliphatic carbocycles. The first-order chi connectivity index (χ1) is 24.8. The second kappa shape index (κ2) is 20.3. The lowest BCUT2D eigenvalue weighted by molar-refractivity contribution is -0.153. The first-order valence-electron chi connectivity index (χ1n) is 16.4. The van der Waals surface area contributed by atoms with E-state index in [4.69, 9.17) is 24.4 Å². The summed E-state index contributed by atoms with van der Waals surface area (Å²) in [5.74, 6) is -3.85. The summed E-state index contributed by atoms with van der Waals surface area (Å²) in [6, 6.07) is 21.7. The number of nitrogens with zero attached hydrogens (tertiary/aromatic N) is 2. The molecular formula is C37H40F3N3O9. The number of hydrogen-bond acceptors (Lipinski definition) is 10. The molecular weight excluding hydrogens is 687 g/mol. The Morgan fingerprint density at radius 3 is 2.27 bits per heavy atom. The maximum absolute atomic E-state index is 12.5. The first-order valence-corrected chi connectivity index (χ1v) is 16.4. The lowest BCUT2D eigenvalue weighted by atomic mass is 9.99. The minimum Gasteiger partial charge on any atom is -0.488 e. The van der Waals surface area contributed by atoms with Crippen LogP contribution in [0, 0.1) is 11.3 Å². The number of para-hydroxylation sites is 2. The number of carboxylic acid groups (broad SMARTS) is 2. The molecule has 3 aromatic rings. The highest BCUT2D eigenvalue weighted by Gasteiger charge is 2.29. The van der Waals surface area contributed by atoms with Crippen molar-refractivity contribution in [2.24, 2.45) is 0 Å². The summed E-state index contributed by atoms with van der Waals surface area (Å²) in [7, 11) is 0. The van der Waals surface area contributed by atoms with Gasteiger partial charge in [0.15, 0.2) is 18.1 Å². The number of benzene rings is 3. The molecule has 3 N–H and O–H groups in total. The minimum atomic E-state index is -4.43. The predicted molar refractivity (Wildman–Crippen MR) is 183 cm³/mol. The molecule has 0 amide bonds. The normalized spacial score (nSPS) is 12.4. The van der Waals surface area contributed by atoms with Crippen LogP contribution in [0.4, 0.5) is 18.9 Å². The van der Waals surface area contributed by atoms with Crippen molar-refractivity contribution in [1.82, 2.24) is 5.32 Å². The maximum Gasteiger partial charge on any atom is 0.422 e. The molecule has 1 heterocycles. The van der Waals surface area contributed by atoms with Crippen molar-refractivity contribution in [3.63, 3.8) is 0 Å². The van der Waals surface area contributed by atoms with Crippen LogP contribution in [0.15, 0.2) is 66.7 Å². The van der Waals surface area contributed by atoms with Gasteiger partial charge in [0.25, 0.3) is 0 Å². The van der Waals surface area contributed by atoms with Gasteiger partial charge in [-0.1, -0.05) is 36.4 Å². The van der Waals surface area contributed by atoms with E-state index in [0.29, 0.717) is 43.7 Å². The van der Waals surface area contributed by atoms with E-state index in [0.717, 1.165) is 29.8 Å². The quantitative estimate of drug-likeness (QED) is 0.0887. The number of carboxylic acids is 2. The Hall–Kier alpha value is -5.62. The van der Waals surface area contributed by atoms with E-state index in [-0.39, 0.29) is 30.1 Å². The molecule has 0 spiro atoms. The third kappa shape index (κ3) is 13.9.